The maximum absolute atomic E-state index is 5.50. The second-order valence-corrected chi connectivity index (χ2v) is 4.74. The second kappa shape index (κ2) is 7.71. The number of benzene rings is 1. The van der Waals surface area contributed by atoms with Gasteiger partial charge in [-0.05, 0) is 17.9 Å². The van der Waals surface area contributed by atoms with Crippen LogP contribution in [0.2, 0.25) is 0 Å². The number of rotatable bonds is 5. The minimum atomic E-state index is 0.230. The average Bonchev–Trinajstić information content (AvgIpc) is 2.40. The predicted octanol–water partition coefficient (Wildman–Crippen LogP) is 2.20. The normalized spacial score (nSPS) is 13.5. The van der Waals surface area contributed by atoms with Gasteiger partial charge in [-0.1, -0.05) is 51.1 Å². The van der Waals surface area contributed by atoms with Gasteiger partial charge in [-0.25, -0.2) is 5.84 Å². The Labute approximate surface area is 110 Å². The second-order valence-electron chi connectivity index (χ2n) is 4.74. The molecule has 1 aromatic rings. The number of nitrogens with zero attached hydrogens (tertiary/aromatic N) is 1. The van der Waals surface area contributed by atoms with Gasteiger partial charge in [0.15, 0.2) is 0 Å². The summed E-state index contributed by atoms with van der Waals surface area (Å²) in [5.41, 5.74) is 3.87. The van der Waals surface area contributed by atoms with E-state index in [4.69, 9.17) is 5.84 Å². The van der Waals surface area contributed by atoms with Gasteiger partial charge in [-0.15, -0.1) is 0 Å². The molecule has 0 saturated carbocycles. The van der Waals surface area contributed by atoms with Crippen LogP contribution in [0.4, 0.5) is 0 Å². The van der Waals surface area contributed by atoms with Gasteiger partial charge in [0.2, 0.25) is 5.96 Å². The third-order valence-electron chi connectivity index (χ3n) is 2.67. The molecule has 0 bridgehead atoms. The highest BCUT2D eigenvalue weighted by molar-refractivity contribution is 5.79. The first kappa shape index (κ1) is 14.5. The number of hydrogen-bond donors (Lipinski definition) is 3. The van der Waals surface area contributed by atoms with Gasteiger partial charge in [-0.2, -0.15) is 0 Å². The highest BCUT2D eigenvalue weighted by Gasteiger charge is 2.10. The Bertz CT molecular complexity index is 359. The van der Waals surface area contributed by atoms with Gasteiger partial charge in [-0.3, -0.25) is 10.4 Å². The van der Waals surface area contributed by atoms with Crippen LogP contribution in [0.1, 0.15) is 38.8 Å². The Hall–Kier alpha value is -1.55. The Morgan fingerprint density at radius 2 is 1.94 bits per heavy atom. The fourth-order valence-corrected chi connectivity index (χ4v) is 1.68. The van der Waals surface area contributed by atoms with E-state index in [-0.39, 0.29) is 6.04 Å². The lowest BCUT2D eigenvalue weighted by atomic mass is 10.1. The molecular weight excluding hydrogens is 224 g/mol. The Morgan fingerprint density at radius 1 is 1.28 bits per heavy atom. The SMILES string of the molecule is CCC(NC(=NCC(C)C)NN)c1ccccc1. The van der Waals surface area contributed by atoms with Gasteiger partial charge in [0.1, 0.15) is 0 Å². The van der Waals surface area contributed by atoms with Crippen LogP contribution in [0.25, 0.3) is 0 Å². The highest BCUT2D eigenvalue weighted by Crippen LogP contribution is 2.15. The van der Waals surface area contributed by atoms with E-state index in [0.717, 1.165) is 13.0 Å². The molecule has 0 aliphatic heterocycles. The quantitative estimate of drug-likeness (QED) is 0.324. The molecule has 0 saturated heterocycles. The van der Waals surface area contributed by atoms with Crippen LogP contribution < -0.4 is 16.6 Å². The molecule has 4 nitrogen and oxygen atoms in total. The molecular formula is C14H24N4. The summed E-state index contributed by atoms with van der Waals surface area (Å²) in [7, 11) is 0. The topological polar surface area (TPSA) is 62.4 Å². The van der Waals surface area contributed by atoms with Crippen molar-refractivity contribution in [3.8, 4) is 0 Å². The van der Waals surface area contributed by atoms with Crippen molar-refractivity contribution >= 4 is 5.96 Å². The zero-order valence-corrected chi connectivity index (χ0v) is 11.5. The average molecular weight is 248 g/mol. The van der Waals surface area contributed by atoms with E-state index in [9.17, 15) is 0 Å². The third-order valence-corrected chi connectivity index (χ3v) is 2.67. The number of guanidine groups is 1. The summed E-state index contributed by atoms with van der Waals surface area (Å²) in [5.74, 6) is 6.67. The first-order chi connectivity index (χ1) is 8.67. The highest BCUT2D eigenvalue weighted by atomic mass is 15.3. The number of hydrogen-bond acceptors (Lipinski definition) is 2. The van der Waals surface area contributed by atoms with Crippen LogP contribution in [0.5, 0.6) is 0 Å². The van der Waals surface area contributed by atoms with Crippen molar-refractivity contribution in [2.24, 2.45) is 16.8 Å². The lowest BCUT2D eigenvalue weighted by Gasteiger charge is -2.19. The van der Waals surface area contributed by atoms with E-state index in [0.29, 0.717) is 11.9 Å². The molecule has 1 aromatic carbocycles. The van der Waals surface area contributed by atoms with Gasteiger partial charge in [0.25, 0.3) is 0 Å². The van der Waals surface area contributed by atoms with Gasteiger partial charge in [0, 0.05) is 6.54 Å². The van der Waals surface area contributed by atoms with E-state index in [1.165, 1.54) is 5.56 Å². The van der Waals surface area contributed by atoms with E-state index in [1.54, 1.807) is 0 Å². The molecule has 1 unspecified atom stereocenters. The van der Waals surface area contributed by atoms with Crippen LogP contribution >= 0.6 is 0 Å². The molecule has 4 heteroatoms. The summed E-state index contributed by atoms with van der Waals surface area (Å²) >= 11 is 0. The largest absolute Gasteiger partial charge is 0.349 e. The van der Waals surface area contributed by atoms with Gasteiger partial charge < -0.3 is 5.32 Å². The van der Waals surface area contributed by atoms with Crippen LogP contribution in [-0.2, 0) is 0 Å². The van der Waals surface area contributed by atoms with E-state index in [2.05, 4.69) is 48.6 Å². The number of nitrogens with two attached hydrogens (primary N) is 1. The molecule has 0 aromatic heterocycles. The fraction of sp³-hybridized carbons (Fsp3) is 0.500. The maximum atomic E-state index is 5.50. The van der Waals surface area contributed by atoms with Crippen molar-refractivity contribution < 1.29 is 0 Å². The molecule has 4 N–H and O–H groups in total. The molecule has 0 aliphatic carbocycles. The maximum Gasteiger partial charge on any atom is 0.206 e. The summed E-state index contributed by atoms with van der Waals surface area (Å²) in [6, 6.07) is 10.6. The predicted molar refractivity (Wildman–Crippen MR) is 77.1 cm³/mol. The molecule has 0 spiro atoms. The summed E-state index contributed by atoms with van der Waals surface area (Å²) in [6.45, 7) is 7.16. The number of nitrogens with one attached hydrogen (secondary N) is 2. The Balaban J connectivity index is 2.69. The molecule has 18 heavy (non-hydrogen) atoms. The van der Waals surface area contributed by atoms with Crippen LogP contribution in [0.3, 0.4) is 0 Å². The number of aliphatic imine (C=N–C) groups is 1. The molecule has 0 radical (unpaired) electrons. The van der Waals surface area contributed by atoms with Crippen molar-refractivity contribution in [1.82, 2.24) is 10.7 Å². The van der Waals surface area contributed by atoms with Gasteiger partial charge >= 0.3 is 0 Å². The summed E-state index contributed by atoms with van der Waals surface area (Å²) in [4.78, 5) is 4.42. The van der Waals surface area contributed by atoms with E-state index < -0.39 is 0 Å². The smallest absolute Gasteiger partial charge is 0.206 e. The Morgan fingerprint density at radius 3 is 2.44 bits per heavy atom. The minimum Gasteiger partial charge on any atom is -0.349 e. The van der Waals surface area contributed by atoms with Crippen molar-refractivity contribution in [3.05, 3.63) is 35.9 Å². The first-order valence-electron chi connectivity index (χ1n) is 6.49. The fourth-order valence-electron chi connectivity index (χ4n) is 1.68. The van der Waals surface area contributed by atoms with Crippen LogP contribution in [-0.4, -0.2) is 12.5 Å². The lowest BCUT2D eigenvalue weighted by molar-refractivity contribution is 0.600. The summed E-state index contributed by atoms with van der Waals surface area (Å²) in [6.07, 6.45) is 0.979. The molecule has 1 atom stereocenters. The van der Waals surface area contributed by atoms with Crippen LogP contribution in [0.15, 0.2) is 35.3 Å². The molecule has 0 aliphatic rings. The van der Waals surface area contributed by atoms with E-state index >= 15 is 0 Å². The Kier molecular flexibility index (Phi) is 6.22. The van der Waals surface area contributed by atoms with Crippen molar-refractivity contribution in [3.63, 3.8) is 0 Å². The molecule has 100 valence electrons. The summed E-state index contributed by atoms with van der Waals surface area (Å²) < 4.78 is 0. The molecule has 0 heterocycles. The third kappa shape index (κ3) is 4.75. The zero-order valence-electron chi connectivity index (χ0n) is 11.5. The molecule has 0 amide bonds. The van der Waals surface area contributed by atoms with E-state index in [1.807, 2.05) is 18.2 Å². The monoisotopic (exact) mass is 248 g/mol. The summed E-state index contributed by atoms with van der Waals surface area (Å²) in [5, 5.41) is 3.34. The first-order valence-corrected chi connectivity index (χ1v) is 6.49. The standard InChI is InChI=1S/C14H24N4/c1-4-13(12-8-6-5-7-9-12)17-14(18-15)16-10-11(2)3/h5-9,11,13H,4,10,15H2,1-3H3,(H2,16,17,18). The van der Waals surface area contributed by atoms with Crippen molar-refractivity contribution in [1.29, 1.82) is 0 Å². The molecule has 0 fully saturated rings. The minimum absolute atomic E-state index is 0.230. The van der Waals surface area contributed by atoms with Crippen molar-refractivity contribution in [2.45, 2.75) is 33.2 Å². The van der Waals surface area contributed by atoms with Crippen molar-refractivity contribution in [2.75, 3.05) is 6.54 Å². The molecule has 1 rings (SSSR count). The lowest BCUT2D eigenvalue weighted by Crippen LogP contribution is -2.43. The van der Waals surface area contributed by atoms with Gasteiger partial charge in [0.05, 0.1) is 6.04 Å². The zero-order chi connectivity index (χ0) is 13.4. The van der Waals surface area contributed by atoms with Crippen LogP contribution in [0, 0.1) is 5.92 Å². The number of hydrazine groups is 1.